The topological polar surface area (TPSA) is 51.2 Å². The summed E-state index contributed by atoms with van der Waals surface area (Å²) in [7, 11) is 0. The molecule has 0 unspecified atom stereocenters. The van der Waals surface area contributed by atoms with E-state index in [0.717, 1.165) is 43.7 Å². The van der Waals surface area contributed by atoms with Gasteiger partial charge in [0.1, 0.15) is 12.1 Å². The molecule has 4 nitrogen and oxygen atoms in total. The van der Waals surface area contributed by atoms with Gasteiger partial charge in [-0.15, -0.1) is 0 Å². The maximum Gasteiger partial charge on any atom is 0.126 e. The van der Waals surface area contributed by atoms with Gasteiger partial charge in [-0.1, -0.05) is 0 Å². The van der Waals surface area contributed by atoms with Gasteiger partial charge < -0.3 is 14.8 Å². The van der Waals surface area contributed by atoms with Crippen LogP contribution in [-0.4, -0.2) is 30.5 Å². The number of hydrogen-bond donors (Lipinski definition) is 1. The van der Waals surface area contributed by atoms with Crippen LogP contribution in [-0.2, 0) is 16.0 Å². The Labute approximate surface area is 95.0 Å². The summed E-state index contributed by atoms with van der Waals surface area (Å²) >= 11 is 0. The highest BCUT2D eigenvalue weighted by atomic mass is 16.5. The Morgan fingerprint density at radius 1 is 1.50 bits per heavy atom. The molecule has 86 valence electrons. The van der Waals surface area contributed by atoms with E-state index in [1.54, 1.807) is 6.20 Å². The normalized spacial score (nSPS) is 17.0. The van der Waals surface area contributed by atoms with Crippen molar-refractivity contribution in [3.8, 4) is 0 Å². The predicted octanol–water partition coefficient (Wildman–Crippen LogP) is 1.41. The van der Waals surface area contributed by atoms with Gasteiger partial charge in [-0.2, -0.15) is 0 Å². The van der Waals surface area contributed by atoms with Crippen LogP contribution in [0.2, 0.25) is 0 Å². The number of anilines is 1. The SMILES string of the molecule is O=CCc1ccnc(NC2CCOCC2)c1. The smallest absolute Gasteiger partial charge is 0.126 e. The number of aldehydes is 1. The number of carbonyl (C=O) groups excluding carboxylic acids is 1. The third-order valence-corrected chi connectivity index (χ3v) is 2.72. The number of pyridine rings is 1. The van der Waals surface area contributed by atoms with Crippen molar-refractivity contribution in [3.05, 3.63) is 23.9 Å². The Kier molecular flexibility index (Phi) is 3.88. The number of nitrogens with zero attached hydrogens (tertiary/aromatic N) is 1. The maximum absolute atomic E-state index is 10.4. The first kappa shape index (κ1) is 11.1. The lowest BCUT2D eigenvalue weighted by Crippen LogP contribution is -2.28. The van der Waals surface area contributed by atoms with Crippen LogP contribution in [0.1, 0.15) is 18.4 Å². The van der Waals surface area contributed by atoms with Crippen LogP contribution in [0.5, 0.6) is 0 Å². The van der Waals surface area contributed by atoms with E-state index in [-0.39, 0.29) is 0 Å². The van der Waals surface area contributed by atoms with E-state index in [1.807, 2.05) is 12.1 Å². The second-order valence-corrected chi connectivity index (χ2v) is 3.95. The van der Waals surface area contributed by atoms with Gasteiger partial charge in [-0.3, -0.25) is 0 Å². The summed E-state index contributed by atoms with van der Waals surface area (Å²) in [4.78, 5) is 14.7. The molecule has 0 radical (unpaired) electrons. The average Bonchev–Trinajstić information content (AvgIpc) is 2.31. The first-order valence-electron chi connectivity index (χ1n) is 5.61. The van der Waals surface area contributed by atoms with Gasteiger partial charge in [-0.05, 0) is 30.5 Å². The standard InChI is InChI=1S/C12H16N2O2/c15-6-2-10-1-5-13-12(9-10)14-11-3-7-16-8-4-11/h1,5-6,9,11H,2-4,7-8H2,(H,13,14). The second-order valence-electron chi connectivity index (χ2n) is 3.95. The van der Waals surface area contributed by atoms with Crippen LogP contribution in [0.15, 0.2) is 18.3 Å². The second kappa shape index (κ2) is 5.61. The minimum absolute atomic E-state index is 0.438. The molecule has 0 aromatic carbocycles. The van der Waals surface area contributed by atoms with E-state index in [2.05, 4.69) is 10.3 Å². The monoisotopic (exact) mass is 220 g/mol. The number of ether oxygens (including phenoxy) is 1. The molecule has 1 aromatic heterocycles. The highest BCUT2D eigenvalue weighted by Crippen LogP contribution is 2.14. The lowest BCUT2D eigenvalue weighted by atomic mass is 10.1. The lowest BCUT2D eigenvalue weighted by Gasteiger charge is -2.23. The summed E-state index contributed by atoms with van der Waals surface area (Å²) < 4.78 is 5.29. The molecule has 2 heterocycles. The van der Waals surface area contributed by atoms with E-state index in [1.165, 1.54) is 0 Å². The van der Waals surface area contributed by atoms with E-state index in [4.69, 9.17) is 4.74 Å². The fraction of sp³-hybridized carbons (Fsp3) is 0.500. The van der Waals surface area contributed by atoms with Crippen LogP contribution >= 0.6 is 0 Å². The molecule has 1 N–H and O–H groups in total. The van der Waals surface area contributed by atoms with Gasteiger partial charge in [0.05, 0.1) is 0 Å². The molecule has 0 aliphatic carbocycles. The van der Waals surface area contributed by atoms with E-state index < -0.39 is 0 Å². The van der Waals surface area contributed by atoms with Crippen LogP contribution in [0, 0.1) is 0 Å². The molecular weight excluding hydrogens is 204 g/mol. The number of nitrogens with one attached hydrogen (secondary N) is 1. The first-order chi connectivity index (χ1) is 7.88. The number of hydrogen-bond acceptors (Lipinski definition) is 4. The zero-order valence-corrected chi connectivity index (χ0v) is 9.19. The fourth-order valence-electron chi connectivity index (χ4n) is 1.83. The first-order valence-corrected chi connectivity index (χ1v) is 5.61. The van der Waals surface area contributed by atoms with Gasteiger partial charge in [0.25, 0.3) is 0 Å². The molecule has 1 saturated heterocycles. The molecule has 16 heavy (non-hydrogen) atoms. The average molecular weight is 220 g/mol. The molecule has 0 spiro atoms. The number of aromatic nitrogens is 1. The minimum Gasteiger partial charge on any atom is -0.381 e. The van der Waals surface area contributed by atoms with Gasteiger partial charge in [0, 0.05) is 31.9 Å². The third kappa shape index (κ3) is 3.03. The minimum atomic E-state index is 0.438. The highest BCUT2D eigenvalue weighted by Gasteiger charge is 2.13. The van der Waals surface area contributed by atoms with E-state index in [9.17, 15) is 4.79 Å². The van der Waals surface area contributed by atoms with Gasteiger partial charge >= 0.3 is 0 Å². The Hall–Kier alpha value is -1.42. The number of rotatable bonds is 4. The predicted molar refractivity (Wildman–Crippen MR) is 61.5 cm³/mol. The van der Waals surface area contributed by atoms with Gasteiger partial charge in [0.15, 0.2) is 0 Å². The third-order valence-electron chi connectivity index (χ3n) is 2.72. The maximum atomic E-state index is 10.4. The largest absolute Gasteiger partial charge is 0.381 e. The zero-order chi connectivity index (χ0) is 11.2. The summed E-state index contributed by atoms with van der Waals surface area (Å²) in [6.07, 6.45) is 5.12. The molecule has 0 atom stereocenters. The van der Waals surface area contributed by atoms with Gasteiger partial charge in [0.2, 0.25) is 0 Å². The molecular formula is C12H16N2O2. The molecule has 0 saturated carbocycles. The quantitative estimate of drug-likeness (QED) is 0.779. The number of carbonyl (C=O) groups is 1. The van der Waals surface area contributed by atoms with Crippen molar-refractivity contribution in [2.75, 3.05) is 18.5 Å². The molecule has 0 bridgehead atoms. The highest BCUT2D eigenvalue weighted by molar-refractivity contribution is 5.56. The Morgan fingerprint density at radius 2 is 2.31 bits per heavy atom. The summed E-state index contributed by atoms with van der Waals surface area (Å²) in [5.41, 5.74) is 1.000. The Morgan fingerprint density at radius 3 is 3.06 bits per heavy atom. The molecule has 2 rings (SSSR count). The van der Waals surface area contributed by atoms with Crippen LogP contribution in [0.4, 0.5) is 5.82 Å². The van der Waals surface area contributed by atoms with Crippen molar-refractivity contribution in [2.45, 2.75) is 25.3 Å². The fourth-order valence-corrected chi connectivity index (χ4v) is 1.83. The van der Waals surface area contributed by atoms with Crippen molar-refractivity contribution in [1.29, 1.82) is 0 Å². The molecule has 1 aromatic rings. The molecule has 0 amide bonds. The van der Waals surface area contributed by atoms with Crippen molar-refractivity contribution >= 4 is 12.1 Å². The van der Waals surface area contributed by atoms with Crippen molar-refractivity contribution < 1.29 is 9.53 Å². The summed E-state index contributed by atoms with van der Waals surface area (Å²) in [6, 6.07) is 4.24. The van der Waals surface area contributed by atoms with Crippen LogP contribution in [0.25, 0.3) is 0 Å². The van der Waals surface area contributed by atoms with Crippen LogP contribution < -0.4 is 5.32 Å². The molecule has 1 fully saturated rings. The summed E-state index contributed by atoms with van der Waals surface area (Å²) in [5, 5.41) is 3.37. The van der Waals surface area contributed by atoms with Crippen LogP contribution in [0.3, 0.4) is 0 Å². The summed E-state index contributed by atoms with van der Waals surface area (Å²) in [6.45, 7) is 1.62. The van der Waals surface area contributed by atoms with E-state index >= 15 is 0 Å². The summed E-state index contributed by atoms with van der Waals surface area (Å²) in [5.74, 6) is 0.853. The lowest BCUT2D eigenvalue weighted by molar-refractivity contribution is -0.107. The Bertz CT molecular complexity index is 349. The Balaban J connectivity index is 1.97. The molecule has 1 aliphatic heterocycles. The van der Waals surface area contributed by atoms with Crippen molar-refractivity contribution in [2.24, 2.45) is 0 Å². The molecule has 4 heteroatoms. The van der Waals surface area contributed by atoms with Crippen molar-refractivity contribution in [3.63, 3.8) is 0 Å². The molecule has 1 aliphatic rings. The van der Waals surface area contributed by atoms with E-state index in [0.29, 0.717) is 12.5 Å². The van der Waals surface area contributed by atoms with Gasteiger partial charge in [-0.25, -0.2) is 4.98 Å². The zero-order valence-electron chi connectivity index (χ0n) is 9.19. The van der Waals surface area contributed by atoms with Crippen molar-refractivity contribution in [1.82, 2.24) is 4.98 Å².